The van der Waals surface area contributed by atoms with E-state index in [9.17, 15) is 4.79 Å². The molecule has 0 saturated carbocycles. The fraction of sp³-hybridized carbons (Fsp3) is 0.318. The molecule has 0 bridgehead atoms. The molecular formula is C22H25N3O3. The predicted octanol–water partition coefficient (Wildman–Crippen LogP) is 3.29. The molecule has 2 heterocycles. The van der Waals surface area contributed by atoms with E-state index in [1.807, 2.05) is 43.4 Å². The fourth-order valence-electron chi connectivity index (χ4n) is 3.64. The van der Waals surface area contributed by atoms with Crippen molar-refractivity contribution in [3.05, 3.63) is 59.8 Å². The van der Waals surface area contributed by atoms with Crippen molar-refractivity contribution < 1.29 is 14.3 Å². The molecule has 0 spiro atoms. The highest BCUT2D eigenvalue weighted by Gasteiger charge is 2.19. The van der Waals surface area contributed by atoms with Crippen molar-refractivity contribution in [3.8, 4) is 5.75 Å². The van der Waals surface area contributed by atoms with E-state index in [1.54, 1.807) is 12.0 Å². The number of nitrogens with one attached hydrogen (secondary N) is 1. The van der Waals surface area contributed by atoms with Gasteiger partial charge in [-0.1, -0.05) is 18.2 Å². The molecule has 0 radical (unpaired) electrons. The number of fused-ring (bicyclic) bond motifs is 1. The number of hydrogen-bond donors (Lipinski definition) is 1. The van der Waals surface area contributed by atoms with Crippen LogP contribution in [0.25, 0.3) is 10.9 Å². The molecule has 1 saturated heterocycles. The number of hydrogen-bond acceptors (Lipinski definition) is 4. The molecule has 1 fully saturated rings. The normalized spacial score (nSPS) is 14.3. The Bertz CT molecular complexity index is 976. The van der Waals surface area contributed by atoms with E-state index in [0.29, 0.717) is 12.2 Å². The highest BCUT2D eigenvalue weighted by atomic mass is 16.5. The van der Waals surface area contributed by atoms with Crippen molar-refractivity contribution in [1.82, 2.24) is 9.88 Å². The van der Waals surface area contributed by atoms with Crippen molar-refractivity contribution in [2.75, 3.05) is 45.4 Å². The second-order valence-electron chi connectivity index (χ2n) is 7.03. The third-order valence-corrected chi connectivity index (χ3v) is 5.16. The standard InChI is InChI=1S/C22H25N3O3/c1-24(15-17-5-3-4-6-21(17)25-9-11-28-12-10-25)22(26)20-13-16-7-8-18(27-2)14-19(16)23-20/h3-8,13-14,23H,9-12,15H2,1-2H3. The molecule has 6 heteroatoms. The number of anilines is 1. The van der Waals surface area contributed by atoms with Crippen LogP contribution < -0.4 is 9.64 Å². The van der Waals surface area contributed by atoms with Crippen LogP contribution in [0.5, 0.6) is 5.75 Å². The molecule has 1 aliphatic rings. The number of aromatic nitrogens is 1. The number of rotatable bonds is 5. The Morgan fingerprint density at radius 1 is 1.18 bits per heavy atom. The zero-order chi connectivity index (χ0) is 19.5. The first-order valence-corrected chi connectivity index (χ1v) is 9.48. The van der Waals surface area contributed by atoms with Crippen LogP contribution in [-0.2, 0) is 11.3 Å². The second kappa shape index (κ2) is 7.94. The summed E-state index contributed by atoms with van der Waals surface area (Å²) in [4.78, 5) is 20.3. The number of amides is 1. The SMILES string of the molecule is COc1ccc2cc(C(=O)N(C)Cc3ccccc3N3CCOCC3)[nH]c2c1. The van der Waals surface area contributed by atoms with Gasteiger partial charge in [-0.05, 0) is 29.8 Å². The van der Waals surface area contributed by atoms with Crippen molar-refractivity contribution in [1.29, 1.82) is 0 Å². The highest BCUT2D eigenvalue weighted by molar-refractivity contribution is 5.98. The summed E-state index contributed by atoms with van der Waals surface area (Å²) in [6.07, 6.45) is 0. The maximum atomic E-state index is 13.0. The maximum absolute atomic E-state index is 13.0. The molecule has 1 aliphatic heterocycles. The lowest BCUT2D eigenvalue weighted by atomic mass is 10.1. The average Bonchev–Trinajstić information content (AvgIpc) is 3.17. The molecule has 28 heavy (non-hydrogen) atoms. The molecular weight excluding hydrogens is 354 g/mol. The summed E-state index contributed by atoms with van der Waals surface area (Å²) in [6.45, 7) is 3.77. The summed E-state index contributed by atoms with van der Waals surface area (Å²) in [6, 6.07) is 15.9. The third-order valence-electron chi connectivity index (χ3n) is 5.16. The summed E-state index contributed by atoms with van der Waals surface area (Å²) < 4.78 is 10.7. The van der Waals surface area contributed by atoms with Crippen molar-refractivity contribution in [3.63, 3.8) is 0 Å². The van der Waals surface area contributed by atoms with Gasteiger partial charge in [0, 0.05) is 49.3 Å². The van der Waals surface area contributed by atoms with Crippen LogP contribution >= 0.6 is 0 Å². The van der Waals surface area contributed by atoms with Crippen LogP contribution in [0.15, 0.2) is 48.5 Å². The van der Waals surface area contributed by atoms with Crippen LogP contribution in [0.1, 0.15) is 16.1 Å². The summed E-state index contributed by atoms with van der Waals surface area (Å²) in [5.74, 6) is 0.730. The van der Waals surface area contributed by atoms with Crippen LogP contribution in [0.3, 0.4) is 0 Å². The van der Waals surface area contributed by atoms with Gasteiger partial charge in [-0.3, -0.25) is 4.79 Å². The lowest BCUT2D eigenvalue weighted by Crippen LogP contribution is -2.37. The monoisotopic (exact) mass is 379 g/mol. The first-order chi connectivity index (χ1) is 13.7. The molecule has 2 aromatic carbocycles. The van der Waals surface area contributed by atoms with Gasteiger partial charge in [-0.2, -0.15) is 0 Å². The van der Waals surface area contributed by atoms with Gasteiger partial charge in [0.1, 0.15) is 11.4 Å². The predicted molar refractivity (Wildman–Crippen MR) is 110 cm³/mol. The summed E-state index contributed by atoms with van der Waals surface area (Å²) in [5, 5.41) is 0.992. The number of carbonyl (C=O) groups excluding carboxylic acids is 1. The lowest BCUT2D eigenvalue weighted by molar-refractivity contribution is 0.0780. The Labute approximate surface area is 164 Å². The van der Waals surface area contributed by atoms with Gasteiger partial charge in [0.05, 0.1) is 20.3 Å². The van der Waals surface area contributed by atoms with Crippen LogP contribution in [-0.4, -0.2) is 56.3 Å². The van der Waals surface area contributed by atoms with E-state index in [2.05, 4.69) is 22.0 Å². The second-order valence-corrected chi connectivity index (χ2v) is 7.03. The van der Waals surface area contributed by atoms with E-state index in [-0.39, 0.29) is 5.91 Å². The smallest absolute Gasteiger partial charge is 0.270 e. The van der Waals surface area contributed by atoms with Gasteiger partial charge in [0.2, 0.25) is 0 Å². The van der Waals surface area contributed by atoms with E-state index < -0.39 is 0 Å². The van der Waals surface area contributed by atoms with E-state index in [0.717, 1.165) is 48.5 Å². The minimum atomic E-state index is -0.0352. The zero-order valence-electron chi connectivity index (χ0n) is 16.3. The number of carbonyl (C=O) groups is 1. The van der Waals surface area contributed by atoms with Crippen molar-refractivity contribution >= 4 is 22.5 Å². The van der Waals surface area contributed by atoms with Crippen LogP contribution in [0.4, 0.5) is 5.69 Å². The Morgan fingerprint density at radius 3 is 2.75 bits per heavy atom. The molecule has 146 valence electrons. The number of H-pyrrole nitrogens is 1. The Hall–Kier alpha value is -2.99. The van der Waals surface area contributed by atoms with Crippen LogP contribution in [0.2, 0.25) is 0 Å². The number of benzene rings is 2. The quantitative estimate of drug-likeness (QED) is 0.739. The van der Waals surface area contributed by atoms with Gasteiger partial charge in [-0.15, -0.1) is 0 Å². The maximum Gasteiger partial charge on any atom is 0.270 e. The van der Waals surface area contributed by atoms with E-state index in [4.69, 9.17) is 9.47 Å². The van der Waals surface area contributed by atoms with Crippen molar-refractivity contribution in [2.24, 2.45) is 0 Å². The molecule has 4 rings (SSSR count). The molecule has 0 unspecified atom stereocenters. The summed E-state index contributed by atoms with van der Waals surface area (Å²) in [7, 11) is 3.47. The van der Waals surface area contributed by atoms with Crippen molar-refractivity contribution in [2.45, 2.75) is 6.54 Å². The molecule has 1 amide bonds. The van der Waals surface area contributed by atoms with E-state index in [1.165, 1.54) is 5.69 Å². The average molecular weight is 379 g/mol. The van der Waals surface area contributed by atoms with Gasteiger partial charge < -0.3 is 24.3 Å². The van der Waals surface area contributed by atoms with Gasteiger partial charge in [-0.25, -0.2) is 0 Å². The first-order valence-electron chi connectivity index (χ1n) is 9.48. The fourth-order valence-corrected chi connectivity index (χ4v) is 3.64. The minimum absolute atomic E-state index is 0.0352. The largest absolute Gasteiger partial charge is 0.497 e. The number of aromatic amines is 1. The molecule has 0 atom stereocenters. The molecule has 3 aromatic rings. The molecule has 1 aromatic heterocycles. The Morgan fingerprint density at radius 2 is 1.96 bits per heavy atom. The topological polar surface area (TPSA) is 57.8 Å². The number of nitrogens with zero attached hydrogens (tertiary/aromatic N) is 2. The Kier molecular flexibility index (Phi) is 5.21. The number of para-hydroxylation sites is 1. The number of ether oxygens (including phenoxy) is 2. The van der Waals surface area contributed by atoms with Gasteiger partial charge >= 0.3 is 0 Å². The first kappa shape index (κ1) is 18.4. The molecule has 0 aliphatic carbocycles. The van der Waals surface area contributed by atoms with E-state index >= 15 is 0 Å². The zero-order valence-corrected chi connectivity index (χ0v) is 16.3. The third kappa shape index (κ3) is 3.68. The van der Waals surface area contributed by atoms with Gasteiger partial charge in [0.25, 0.3) is 5.91 Å². The molecule has 1 N–H and O–H groups in total. The minimum Gasteiger partial charge on any atom is -0.497 e. The lowest BCUT2D eigenvalue weighted by Gasteiger charge is -2.31. The Balaban J connectivity index is 1.54. The summed E-state index contributed by atoms with van der Waals surface area (Å²) in [5.41, 5.74) is 3.78. The van der Waals surface area contributed by atoms with Crippen LogP contribution in [0, 0.1) is 0 Å². The number of morpholine rings is 1. The van der Waals surface area contributed by atoms with Gasteiger partial charge in [0.15, 0.2) is 0 Å². The highest BCUT2D eigenvalue weighted by Crippen LogP contribution is 2.25. The number of methoxy groups -OCH3 is 1. The summed E-state index contributed by atoms with van der Waals surface area (Å²) >= 11 is 0. The molecule has 6 nitrogen and oxygen atoms in total.